The number of carbonyl (C=O) groups is 2. The van der Waals surface area contributed by atoms with Crippen molar-refractivity contribution in [3.8, 4) is 0 Å². The van der Waals surface area contributed by atoms with Crippen molar-refractivity contribution in [3.05, 3.63) is 47.0 Å². The molecular formula is C16H18FNO5. The molecule has 0 radical (unpaired) electrons. The molecular weight excluding hydrogens is 305 g/mol. The lowest BCUT2D eigenvalue weighted by atomic mass is 9.96. The van der Waals surface area contributed by atoms with Gasteiger partial charge in [-0.3, -0.25) is 9.59 Å². The molecule has 23 heavy (non-hydrogen) atoms. The molecule has 0 aromatic heterocycles. The first-order valence-electron chi connectivity index (χ1n) is 6.96. The fourth-order valence-electron chi connectivity index (χ4n) is 2.63. The standard InChI is InChI=1S/C16H18FNO5/c1-9(19)13-14(10-5-4-6-11(17)7-10)18(16(21)15(13)20)8-12(22-2)23-3/h4-7,12,14,20H,8H2,1-3H3/t14-/m1/s1. The third-order valence-electron chi connectivity index (χ3n) is 3.72. The predicted molar refractivity (Wildman–Crippen MR) is 79.0 cm³/mol. The monoisotopic (exact) mass is 323 g/mol. The largest absolute Gasteiger partial charge is 0.503 e. The number of nitrogens with zero attached hydrogens (tertiary/aromatic N) is 1. The van der Waals surface area contributed by atoms with Crippen molar-refractivity contribution in [1.82, 2.24) is 4.90 Å². The van der Waals surface area contributed by atoms with E-state index in [-0.39, 0.29) is 12.1 Å². The van der Waals surface area contributed by atoms with Crippen molar-refractivity contribution in [2.75, 3.05) is 20.8 Å². The summed E-state index contributed by atoms with van der Waals surface area (Å²) in [7, 11) is 2.82. The Labute approximate surface area is 133 Å². The van der Waals surface area contributed by atoms with Gasteiger partial charge in [0.15, 0.2) is 17.8 Å². The van der Waals surface area contributed by atoms with E-state index in [4.69, 9.17) is 9.47 Å². The number of hydrogen-bond acceptors (Lipinski definition) is 5. The van der Waals surface area contributed by atoms with E-state index >= 15 is 0 Å². The highest BCUT2D eigenvalue weighted by Crippen LogP contribution is 2.37. The number of aliphatic hydroxyl groups is 1. The van der Waals surface area contributed by atoms with Crippen LogP contribution in [-0.4, -0.2) is 48.8 Å². The van der Waals surface area contributed by atoms with Gasteiger partial charge in [0, 0.05) is 14.2 Å². The molecule has 0 unspecified atom stereocenters. The average molecular weight is 323 g/mol. The number of ether oxygens (including phenoxy) is 2. The Hall–Kier alpha value is -2.25. The van der Waals surface area contributed by atoms with E-state index in [0.717, 1.165) is 0 Å². The van der Waals surface area contributed by atoms with Crippen LogP contribution in [0.4, 0.5) is 4.39 Å². The number of aliphatic hydroxyl groups excluding tert-OH is 1. The van der Waals surface area contributed by atoms with Crippen LogP contribution in [0.25, 0.3) is 0 Å². The van der Waals surface area contributed by atoms with Gasteiger partial charge in [-0.25, -0.2) is 4.39 Å². The molecule has 0 bridgehead atoms. The topological polar surface area (TPSA) is 76.1 Å². The van der Waals surface area contributed by atoms with E-state index < -0.39 is 35.6 Å². The van der Waals surface area contributed by atoms with Crippen molar-refractivity contribution < 1.29 is 28.6 Å². The lowest BCUT2D eigenvalue weighted by Gasteiger charge is -2.29. The van der Waals surface area contributed by atoms with E-state index in [1.54, 1.807) is 6.07 Å². The highest BCUT2D eigenvalue weighted by Gasteiger charge is 2.43. The maximum Gasteiger partial charge on any atom is 0.290 e. The van der Waals surface area contributed by atoms with Crippen molar-refractivity contribution in [3.63, 3.8) is 0 Å². The van der Waals surface area contributed by atoms with Crippen molar-refractivity contribution in [2.45, 2.75) is 19.3 Å². The molecule has 0 fully saturated rings. The minimum Gasteiger partial charge on any atom is -0.503 e. The fraction of sp³-hybridized carbons (Fsp3) is 0.375. The second kappa shape index (κ2) is 6.89. The van der Waals surface area contributed by atoms with Crippen LogP contribution < -0.4 is 0 Å². The number of amides is 1. The number of carbonyl (C=O) groups excluding carboxylic acids is 2. The van der Waals surface area contributed by atoms with Gasteiger partial charge in [-0.05, 0) is 24.6 Å². The number of Topliss-reactive ketones (excluding diaryl/α,β-unsaturated/α-hetero) is 1. The van der Waals surface area contributed by atoms with Crippen molar-refractivity contribution >= 4 is 11.7 Å². The summed E-state index contributed by atoms with van der Waals surface area (Å²) in [5, 5.41) is 10.0. The summed E-state index contributed by atoms with van der Waals surface area (Å²) in [5.41, 5.74) is 0.324. The van der Waals surface area contributed by atoms with Gasteiger partial charge in [0.2, 0.25) is 0 Å². The van der Waals surface area contributed by atoms with Crippen LogP contribution in [-0.2, 0) is 19.1 Å². The van der Waals surface area contributed by atoms with Gasteiger partial charge >= 0.3 is 0 Å². The van der Waals surface area contributed by atoms with Crippen LogP contribution >= 0.6 is 0 Å². The Morgan fingerprint density at radius 3 is 2.57 bits per heavy atom. The van der Waals surface area contributed by atoms with Crippen molar-refractivity contribution in [2.24, 2.45) is 0 Å². The minimum atomic E-state index is -0.886. The summed E-state index contributed by atoms with van der Waals surface area (Å²) in [6.07, 6.45) is -0.742. The molecule has 1 aromatic rings. The molecule has 0 spiro atoms. The summed E-state index contributed by atoms with van der Waals surface area (Å²) in [5.74, 6) is -2.31. The maximum atomic E-state index is 13.5. The van der Waals surface area contributed by atoms with Crippen LogP contribution in [0.3, 0.4) is 0 Å². The number of rotatable bonds is 6. The highest BCUT2D eigenvalue weighted by molar-refractivity contribution is 6.08. The molecule has 0 saturated carbocycles. The molecule has 1 aromatic carbocycles. The van der Waals surface area contributed by atoms with Gasteiger partial charge in [-0.1, -0.05) is 12.1 Å². The molecule has 1 aliphatic heterocycles. The molecule has 124 valence electrons. The number of benzene rings is 1. The molecule has 1 N–H and O–H groups in total. The van der Waals surface area contributed by atoms with Gasteiger partial charge in [-0.2, -0.15) is 0 Å². The molecule has 1 atom stereocenters. The first kappa shape index (κ1) is 17.1. The fourth-order valence-corrected chi connectivity index (χ4v) is 2.63. The zero-order valence-corrected chi connectivity index (χ0v) is 13.1. The lowest BCUT2D eigenvalue weighted by molar-refractivity contribution is -0.144. The second-order valence-electron chi connectivity index (χ2n) is 5.13. The molecule has 0 saturated heterocycles. The first-order valence-corrected chi connectivity index (χ1v) is 6.96. The zero-order valence-electron chi connectivity index (χ0n) is 13.1. The Morgan fingerprint density at radius 1 is 1.39 bits per heavy atom. The highest BCUT2D eigenvalue weighted by atomic mass is 19.1. The number of halogens is 1. The van der Waals surface area contributed by atoms with E-state index in [9.17, 15) is 19.1 Å². The van der Waals surface area contributed by atoms with Crippen LogP contribution in [0, 0.1) is 5.82 Å². The van der Waals surface area contributed by atoms with Gasteiger partial charge in [0.1, 0.15) is 5.82 Å². The summed E-state index contributed by atoms with van der Waals surface area (Å²) in [4.78, 5) is 25.4. The Balaban J connectivity index is 2.49. The van der Waals surface area contributed by atoms with Crippen LogP contribution in [0.1, 0.15) is 18.5 Å². The van der Waals surface area contributed by atoms with E-state index in [2.05, 4.69) is 0 Å². The Kier molecular flexibility index (Phi) is 5.12. The molecule has 1 heterocycles. The molecule has 0 aliphatic carbocycles. The van der Waals surface area contributed by atoms with Crippen LogP contribution in [0.5, 0.6) is 0 Å². The Bertz CT molecular complexity index is 654. The number of hydrogen-bond donors (Lipinski definition) is 1. The average Bonchev–Trinajstić information content (AvgIpc) is 2.77. The smallest absolute Gasteiger partial charge is 0.290 e. The quantitative estimate of drug-likeness (QED) is 0.807. The third-order valence-corrected chi connectivity index (χ3v) is 3.72. The second-order valence-corrected chi connectivity index (χ2v) is 5.13. The van der Waals surface area contributed by atoms with E-state index in [0.29, 0.717) is 5.56 Å². The van der Waals surface area contributed by atoms with Gasteiger partial charge < -0.3 is 19.5 Å². The van der Waals surface area contributed by atoms with E-state index in [1.807, 2.05) is 0 Å². The molecule has 1 amide bonds. The van der Waals surface area contributed by atoms with Gasteiger partial charge in [-0.15, -0.1) is 0 Å². The first-order chi connectivity index (χ1) is 10.9. The van der Waals surface area contributed by atoms with Gasteiger partial charge in [0.25, 0.3) is 5.91 Å². The maximum absolute atomic E-state index is 13.5. The number of methoxy groups -OCH3 is 2. The van der Waals surface area contributed by atoms with Crippen LogP contribution in [0.15, 0.2) is 35.6 Å². The zero-order chi connectivity index (χ0) is 17.1. The molecule has 1 aliphatic rings. The molecule has 6 nitrogen and oxygen atoms in total. The molecule has 7 heteroatoms. The SMILES string of the molecule is COC(CN1C(=O)C(O)=C(C(C)=O)[C@H]1c1cccc(F)c1)OC. The summed E-state index contributed by atoms with van der Waals surface area (Å²) in [6.45, 7) is 1.23. The van der Waals surface area contributed by atoms with Crippen LogP contribution in [0.2, 0.25) is 0 Å². The summed E-state index contributed by atoms with van der Waals surface area (Å²) < 4.78 is 23.7. The Morgan fingerprint density at radius 2 is 2.04 bits per heavy atom. The number of ketones is 1. The third kappa shape index (κ3) is 3.25. The minimum absolute atomic E-state index is 0.0200. The van der Waals surface area contributed by atoms with Gasteiger partial charge in [0.05, 0.1) is 18.2 Å². The molecule has 2 rings (SSSR count). The van der Waals surface area contributed by atoms with E-state index in [1.165, 1.54) is 44.2 Å². The normalized spacial score (nSPS) is 18.2. The summed E-state index contributed by atoms with van der Waals surface area (Å²) in [6, 6.07) is 4.66. The predicted octanol–water partition coefficient (Wildman–Crippen LogP) is 1.73. The summed E-state index contributed by atoms with van der Waals surface area (Å²) >= 11 is 0. The van der Waals surface area contributed by atoms with Crippen molar-refractivity contribution in [1.29, 1.82) is 0 Å². The lowest BCUT2D eigenvalue weighted by Crippen LogP contribution is -2.38.